The smallest absolute Gasteiger partial charge is 0.191 e. The number of benzene rings is 1. The molecule has 0 aliphatic carbocycles. The minimum Gasteiger partial charge on any atom is -0.497 e. The van der Waals surface area contributed by atoms with Gasteiger partial charge in [0, 0.05) is 18.0 Å². The van der Waals surface area contributed by atoms with E-state index in [1.807, 2.05) is 6.07 Å². The van der Waals surface area contributed by atoms with Crippen molar-refractivity contribution < 1.29 is 4.74 Å². The Labute approximate surface area is 189 Å². The van der Waals surface area contributed by atoms with Crippen LogP contribution in [0.5, 0.6) is 5.75 Å². The zero-order chi connectivity index (χ0) is 18.9. The highest BCUT2D eigenvalue weighted by Crippen LogP contribution is 2.27. The molecule has 1 aliphatic rings. The molecule has 1 saturated heterocycles. The maximum atomic E-state index is 5.44. The van der Waals surface area contributed by atoms with Crippen LogP contribution in [-0.4, -0.2) is 44.1 Å². The molecule has 3 rings (SSSR count). The molecule has 2 N–H and O–H groups in total. The molecule has 1 aromatic carbocycles. The first-order valence-corrected chi connectivity index (χ1v) is 10.6. The van der Waals surface area contributed by atoms with Crippen molar-refractivity contribution in [3.8, 4) is 5.75 Å². The van der Waals surface area contributed by atoms with Gasteiger partial charge in [0.25, 0.3) is 0 Å². The molecule has 5 nitrogen and oxygen atoms in total. The van der Waals surface area contributed by atoms with E-state index in [1.54, 1.807) is 18.4 Å². The normalized spacial score (nSPS) is 15.7. The first-order valence-electron chi connectivity index (χ1n) is 9.72. The molecular weight excluding hydrogens is 483 g/mol. The van der Waals surface area contributed by atoms with Crippen LogP contribution in [0.25, 0.3) is 0 Å². The van der Waals surface area contributed by atoms with Crippen LogP contribution in [-0.2, 0) is 6.54 Å². The summed E-state index contributed by atoms with van der Waals surface area (Å²) in [7, 11) is 1.72. The van der Waals surface area contributed by atoms with Crippen LogP contribution in [0.3, 0.4) is 0 Å². The fraction of sp³-hybridized carbons (Fsp3) is 0.476. The molecule has 1 atom stereocenters. The van der Waals surface area contributed by atoms with E-state index in [-0.39, 0.29) is 24.0 Å². The third-order valence-electron chi connectivity index (χ3n) is 4.84. The van der Waals surface area contributed by atoms with Gasteiger partial charge in [0.2, 0.25) is 0 Å². The van der Waals surface area contributed by atoms with Crippen molar-refractivity contribution in [1.82, 2.24) is 15.5 Å². The fourth-order valence-electron chi connectivity index (χ4n) is 3.45. The van der Waals surface area contributed by atoms with E-state index < -0.39 is 0 Å². The second kappa shape index (κ2) is 12.3. The number of thiophene rings is 1. The Morgan fingerprint density at radius 2 is 2.04 bits per heavy atom. The van der Waals surface area contributed by atoms with Crippen molar-refractivity contribution in [3.63, 3.8) is 0 Å². The molecule has 0 amide bonds. The molecule has 1 aliphatic heterocycles. The van der Waals surface area contributed by atoms with E-state index in [0.29, 0.717) is 12.6 Å². The van der Waals surface area contributed by atoms with Gasteiger partial charge in [-0.25, -0.2) is 4.99 Å². The van der Waals surface area contributed by atoms with Crippen LogP contribution < -0.4 is 15.4 Å². The SMILES string of the molecule is CCNC(=NCc1cccs1)NCC(c1cccc(OC)c1)N1CCCC1.I. The zero-order valence-corrected chi connectivity index (χ0v) is 19.8. The number of nitrogens with one attached hydrogen (secondary N) is 2. The molecule has 0 saturated carbocycles. The lowest BCUT2D eigenvalue weighted by molar-refractivity contribution is 0.245. The minimum atomic E-state index is 0. The third-order valence-corrected chi connectivity index (χ3v) is 5.70. The third kappa shape index (κ3) is 6.63. The van der Waals surface area contributed by atoms with Crippen LogP contribution in [0.2, 0.25) is 0 Å². The van der Waals surface area contributed by atoms with Crippen molar-refractivity contribution in [2.45, 2.75) is 32.4 Å². The van der Waals surface area contributed by atoms with Crippen molar-refractivity contribution >= 4 is 41.3 Å². The number of halogens is 1. The standard InChI is InChI=1S/C21H30N4OS.HI/c1-3-22-21(23-15-19-10-7-13-27-19)24-16-20(25-11-4-5-12-25)17-8-6-9-18(14-17)26-2;/h6-10,13-14,20H,3-5,11-12,15-16H2,1-2H3,(H2,22,23,24);1H. The topological polar surface area (TPSA) is 48.9 Å². The molecule has 7 heteroatoms. The molecule has 1 fully saturated rings. The van der Waals surface area contributed by atoms with E-state index in [9.17, 15) is 0 Å². The van der Waals surface area contributed by atoms with Gasteiger partial charge < -0.3 is 15.4 Å². The van der Waals surface area contributed by atoms with Crippen LogP contribution in [0.1, 0.15) is 36.2 Å². The first kappa shape index (κ1) is 23.0. The Morgan fingerprint density at radius 3 is 2.71 bits per heavy atom. The molecule has 0 radical (unpaired) electrons. The Kier molecular flexibility index (Phi) is 10.1. The largest absolute Gasteiger partial charge is 0.497 e. The van der Waals surface area contributed by atoms with Crippen molar-refractivity contribution in [2.75, 3.05) is 33.3 Å². The van der Waals surface area contributed by atoms with Crippen LogP contribution in [0.15, 0.2) is 46.8 Å². The summed E-state index contributed by atoms with van der Waals surface area (Å²) >= 11 is 1.74. The lowest BCUT2D eigenvalue weighted by Gasteiger charge is -2.29. The second-order valence-corrected chi connectivity index (χ2v) is 7.72. The Balaban J connectivity index is 0.00000280. The average Bonchev–Trinajstić information content (AvgIpc) is 3.40. The predicted octanol–water partition coefficient (Wildman–Crippen LogP) is 4.27. The molecule has 2 aromatic rings. The number of likely N-dealkylation sites (tertiary alicyclic amines) is 1. The van der Waals surface area contributed by atoms with E-state index in [2.05, 4.69) is 58.2 Å². The maximum absolute atomic E-state index is 5.44. The number of guanidine groups is 1. The molecule has 1 unspecified atom stereocenters. The van der Waals surface area contributed by atoms with Gasteiger partial charge in [0.05, 0.1) is 19.7 Å². The van der Waals surface area contributed by atoms with E-state index in [1.165, 1.54) is 23.3 Å². The monoisotopic (exact) mass is 514 g/mol. The number of rotatable bonds is 8. The molecule has 0 spiro atoms. The van der Waals surface area contributed by atoms with Gasteiger partial charge in [-0.2, -0.15) is 0 Å². The van der Waals surface area contributed by atoms with Gasteiger partial charge in [-0.1, -0.05) is 18.2 Å². The van der Waals surface area contributed by atoms with Crippen molar-refractivity contribution in [3.05, 3.63) is 52.2 Å². The summed E-state index contributed by atoms with van der Waals surface area (Å²) in [5.74, 6) is 1.79. The molecule has 2 heterocycles. The van der Waals surface area contributed by atoms with E-state index in [0.717, 1.165) is 37.9 Å². The molecule has 28 heavy (non-hydrogen) atoms. The molecule has 0 bridgehead atoms. The first-order chi connectivity index (χ1) is 13.3. The number of hydrogen-bond donors (Lipinski definition) is 2. The lowest BCUT2D eigenvalue weighted by atomic mass is 10.1. The number of aliphatic imine (C=N–C) groups is 1. The Hall–Kier alpha value is -1.32. The van der Waals surface area contributed by atoms with E-state index in [4.69, 9.17) is 9.73 Å². The van der Waals surface area contributed by atoms with Crippen LogP contribution in [0.4, 0.5) is 0 Å². The summed E-state index contributed by atoms with van der Waals surface area (Å²) in [6.07, 6.45) is 2.54. The second-order valence-electron chi connectivity index (χ2n) is 6.69. The highest BCUT2D eigenvalue weighted by molar-refractivity contribution is 14.0. The number of nitrogens with zero attached hydrogens (tertiary/aromatic N) is 2. The average molecular weight is 514 g/mol. The summed E-state index contributed by atoms with van der Waals surface area (Å²) in [5.41, 5.74) is 1.29. The van der Waals surface area contributed by atoms with Gasteiger partial charge in [-0.15, -0.1) is 35.3 Å². The quantitative estimate of drug-likeness (QED) is 0.314. The summed E-state index contributed by atoms with van der Waals surface area (Å²) in [4.78, 5) is 8.58. The summed E-state index contributed by atoms with van der Waals surface area (Å²) < 4.78 is 5.44. The fourth-order valence-corrected chi connectivity index (χ4v) is 4.08. The molecule has 154 valence electrons. The summed E-state index contributed by atoms with van der Waals surface area (Å²) in [6.45, 7) is 6.77. The molecular formula is C21H31IN4OS. The predicted molar refractivity (Wildman–Crippen MR) is 129 cm³/mol. The Morgan fingerprint density at radius 1 is 1.21 bits per heavy atom. The van der Waals surface area contributed by atoms with Crippen LogP contribution >= 0.6 is 35.3 Å². The Bertz CT molecular complexity index is 717. The highest BCUT2D eigenvalue weighted by Gasteiger charge is 2.24. The summed E-state index contributed by atoms with van der Waals surface area (Å²) in [6, 6.07) is 12.9. The summed E-state index contributed by atoms with van der Waals surface area (Å²) in [5, 5.41) is 9.02. The van der Waals surface area contributed by atoms with Gasteiger partial charge in [0.1, 0.15) is 5.75 Å². The number of methoxy groups -OCH3 is 1. The highest BCUT2D eigenvalue weighted by atomic mass is 127. The lowest BCUT2D eigenvalue weighted by Crippen LogP contribution is -2.42. The minimum absolute atomic E-state index is 0. The maximum Gasteiger partial charge on any atom is 0.191 e. The van der Waals surface area contributed by atoms with Gasteiger partial charge in [0.15, 0.2) is 5.96 Å². The number of hydrogen-bond acceptors (Lipinski definition) is 4. The van der Waals surface area contributed by atoms with Crippen molar-refractivity contribution in [2.24, 2.45) is 4.99 Å². The number of ether oxygens (including phenoxy) is 1. The van der Waals surface area contributed by atoms with Crippen molar-refractivity contribution in [1.29, 1.82) is 0 Å². The van der Waals surface area contributed by atoms with Crippen LogP contribution in [0, 0.1) is 0 Å². The van der Waals surface area contributed by atoms with Gasteiger partial charge in [-0.3, -0.25) is 4.90 Å². The van der Waals surface area contributed by atoms with Gasteiger partial charge in [-0.05, 0) is 62.0 Å². The zero-order valence-electron chi connectivity index (χ0n) is 16.7. The molecule has 1 aromatic heterocycles. The van der Waals surface area contributed by atoms with E-state index >= 15 is 0 Å². The van der Waals surface area contributed by atoms with Gasteiger partial charge >= 0.3 is 0 Å².